The molecule has 2 heterocycles. The van der Waals surface area contributed by atoms with Crippen LogP contribution < -0.4 is 27.4 Å². The van der Waals surface area contributed by atoms with Gasteiger partial charge >= 0.3 is 5.97 Å². The zero-order valence-electron chi connectivity index (χ0n) is 20.1. The van der Waals surface area contributed by atoms with Crippen molar-refractivity contribution in [3.63, 3.8) is 0 Å². The van der Waals surface area contributed by atoms with Gasteiger partial charge in [0.2, 0.25) is 17.7 Å². The number of aliphatic carboxylic acids is 1. The lowest BCUT2D eigenvalue weighted by Crippen LogP contribution is -2.58. The van der Waals surface area contributed by atoms with Crippen LogP contribution in [0.25, 0.3) is 0 Å². The van der Waals surface area contributed by atoms with Crippen LogP contribution >= 0.6 is 0 Å². The standard InChI is InChI=1S/C22H39N7O5/c1-3-13(2)17(28-18(30)14-7-4-10-25-14)19(31)27-15(8-5-11-26-22(23)24)20(32)29-12-6-9-16(29)21(33)34/h13-17,25H,3-12H2,1-2H3,(H,27,31)(H,28,30)(H,33,34)(H4,23,24,26). The number of hydrogen-bond acceptors (Lipinski definition) is 6. The third-order valence-corrected chi connectivity index (χ3v) is 6.55. The molecule has 12 nitrogen and oxygen atoms in total. The van der Waals surface area contributed by atoms with E-state index in [-0.39, 0.29) is 36.8 Å². The Morgan fingerprint density at radius 2 is 1.91 bits per heavy atom. The summed E-state index contributed by atoms with van der Waals surface area (Å²) < 4.78 is 0. The molecule has 2 rings (SSSR count). The van der Waals surface area contributed by atoms with Gasteiger partial charge in [0.25, 0.3) is 0 Å². The number of nitrogens with one attached hydrogen (secondary N) is 3. The summed E-state index contributed by atoms with van der Waals surface area (Å²) in [6, 6.07) is -3.02. The summed E-state index contributed by atoms with van der Waals surface area (Å²) in [5.41, 5.74) is 10.7. The van der Waals surface area contributed by atoms with Gasteiger partial charge in [0.15, 0.2) is 5.96 Å². The molecule has 0 bridgehead atoms. The van der Waals surface area contributed by atoms with Crippen LogP contribution in [0.15, 0.2) is 4.99 Å². The lowest BCUT2D eigenvalue weighted by Gasteiger charge is -2.30. The molecule has 3 amide bonds. The molecule has 5 unspecified atom stereocenters. The molecule has 2 saturated heterocycles. The molecule has 8 N–H and O–H groups in total. The van der Waals surface area contributed by atoms with Crippen molar-refractivity contribution in [1.29, 1.82) is 0 Å². The summed E-state index contributed by atoms with van der Waals surface area (Å²) in [6.45, 7) is 5.12. The van der Waals surface area contributed by atoms with Crippen molar-refractivity contribution in [2.45, 2.75) is 83.0 Å². The maximum Gasteiger partial charge on any atom is 0.326 e. The molecule has 0 aromatic heterocycles. The number of aliphatic imine (C=N–C) groups is 1. The molecule has 0 aliphatic carbocycles. The SMILES string of the molecule is CCC(C)C(NC(=O)C1CCCN1)C(=O)NC(CCCN=C(N)N)C(=O)N1CCCC1C(=O)O. The van der Waals surface area contributed by atoms with Crippen LogP contribution in [0.2, 0.25) is 0 Å². The normalized spacial score (nSPS) is 22.5. The van der Waals surface area contributed by atoms with E-state index >= 15 is 0 Å². The van der Waals surface area contributed by atoms with Crippen LogP contribution in [0.4, 0.5) is 0 Å². The van der Waals surface area contributed by atoms with E-state index in [0.29, 0.717) is 38.6 Å². The van der Waals surface area contributed by atoms with Crippen LogP contribution in [0, 0.1) is 5.92 Å². The Bertz CT molecular complexity index is 765. The smallest absolute Gasteiger partial charge is 0.326 e. The molecule has 0 saturated carbocycles. The van der Waals surface area contributed by atoms with Gasteiger partial charge < -0.3 is 37.4 Å². The quantitative estimate of drug-likeness (QED) is 0.115. The predicted octanol–water partition coefficient (Wildman–Crippen LogP) is -1.12. The van der Waals surface area contributed by atoms with E-state index in [1.54, 1.807) is 0 Å². The Labute approximate surface area is 200 Å². The van der Waals surface area contributed by atoms with Crippen molar-refractivity contribution in [3.8, 4) is 0 Å². The van der Waals surface area contributed by atoms with Gasteiger partial charge in [0.05, 0.1) is 6.04 Å². The third-order valence-electron chi connectivity index (χ3n) is 6.55. The van der Waals surface area contributed by atoms with Crippen molar-refractivity contribution in [1.82, 2.24) is 20.9 Å². The van der Waals surface area contributed by atoms with Crippen molar-refractivity contribution in [3.05, 3.63) is 0 Å². The maximum absolute atomic E-state index is 13.3. The van der Waals surface area contributed by atoms with Gasteiger partial charge in [0, 0.05) is 13.1 Å². The fourth-order valence-electron chi connectivity index (χ4n) is 4.37. The van der Waals surface area contributed by atoms with E-state index in [4.69, 9.17) is 11.5 Å². The molecular formula is C22H39N7O5. The van der Waals surface area contributed by atoms with Crippen molar-refractivity contribution in [2.24, 2.45) is 22.4 Å². The van der Waals surface area contributed by atoms with E-state index in [1.807, 2.05) is 13.8 Å². The average Bonchev–Trinajstić information content (AvgIpc) is 3.50. The second kappa shape index (κ2) is 13.1. The number of carboxylic acid groups (broad SMARTS) is 1. The van der Waals surface area contributed by atoms with Crippen molar-refractivity contribution in [2.75, 3.05) is 19.6 Å². The van der Waals surface area contributed by atoms with Crippen LogP contribution in [0.1, 0.15) is 58.8 Å². The summed E-state index contributed by atoms with van der Waals surface area (Å²) >= 11 is 0. The Morgan fingerprint density at radius 1 is 1.18 bits per heavy atom. The summed E-state index contributed by atoms with van der Waals surface area (Å²) in [5.74, 6) is -2.45. The van der Waals surface area contributed by atoms with Crippen LogP contribution in [-0.4, -0.2) is 83.5 Å². The first-order valence-electron chi connectivity index (χ1n) is 12.1. The maximum atomic E-state index is 13.3. The minimum atomic E-state index is -1.06. The van der Waals surface area contributed by atoms with E-state index in [1.165, 1.54) is 4.90 Å². The number of rotatable bonds is 12. The molecule has 0 aromatic rings. The topological polar surface area (TPSA) is 192 Å². The van der Waals surface area contributed by atoms with Gasteiger partial charge in [-0.2, -0.15) is 0 Å². The number of carboxylic acids is 1. The molecule has 5 atom stereocenters. The second-order valence-electron chi connectivity index (χ2n) is 9.06. The Hall–Kier alpha value is -2.89. The number of nitrogens with two attached hydrogens (primary N) is 2. The number of amides is 3. The average molecular weight is 482 g/mol. The van der Waals surface area contributed by atoms with Gasteiger partial charge in [-0.3, -0.25) is 19.4 Å². The first-order valence-corrected chi connectivity index (χ1v) is 12.1. The molecule has 34 heavy (non-hydrogen) atoms. The van der Waals surface area contributed by atoms with Gasteiger partial charge in [-0.25, -0.2) is 4.79 Å². The molecule has 0 radical (unpaired) electrons. The zero-order valence-corrected chi connectivity index (χ0v) is 20.1. The summed E-state index contributed by atoms with van der Waals surface area (Å²) in [6.07, 6.45) is 3.84. The highest BCUT2D eigenvalue weighted by Crippen LogP contribution is 2.20. The minimum absolute atomic E-state index is 0.0718. The highest BCUT2D eigenvalue weighted by atomic mass is 16.4. The number of carbonyl (C=O) groups is 4. The molecule has 12 heteroatoms. The molecule has 192 valence electrons. The Morgan fingerprint density at radius 3 is 2.50 bits per heavy atom. The first kappa shape index (κ1) is 27.4. The molecule has 2 fully saturated rings. The number of hydrogen-bond donors (Lipinski definition) is 6. The number of likely N-dealkylation sites (tertiary alicyclic amines) is 1. The zero-order chi connectivity index (χ0) is 25.3. The van der Waals surface area contributed by atoms with Crippen LogP contribution in [0.5, 0.6) is 0 Å². The lowest BCUT2D eigenvalue weighted by molar-refractivity contribution is -0.149. The van der Waals surface area contributed by atoms with E-state index in [9.17, 15) is 24.3 Å². The van der Waals surface area contributed by atoms with E-state index in [0.717, 1.165) is 13.0 Å². The van der Waals surface area contributed by atoms with Crippen molar-refractivity contribution < 1.29 is 24.3 Å². The number of carbonyl (C=O) groups excluding carboxylic acids is 3. The van der Waals surface area contributed by atoms with Crippen molar-refractivity contribution >= 4 is 29.7 Å². The van der Waals surface area contributed by atoms with Gasteiger partial charge in [-0.15, -0.1) is 0 Å². The number of guanidine groups is 1. The highest BCUT2D eigenvalue weighted by Gasteiger charge is 2.39. The largest absolute Gasteiger partial charge is 0.480 e. The van der Waals surface area contributed by atoms with E-state index in [2.05, 4.69) is 20.9 Å². The third kappa shape index (κ3) is 7.57. The minimum Gasteiger partial charge on any atom is -0.480 e. The fraction of sp³-hybridized carbons (Fsp3) is 0.773. The van der Waals surface area contributed by atoms with E-state index < -0.39 is 35.9 Å². The molecule has 2 aliphatic rings. The monoisotopic (exact) mass is 481 g/mol. The van der Waals surface area contributed by atoms with Gasteiger partial charge in [-0.1, -0.05) is 20.3 Å². The predicted molar refractivity (Wildman–Crippen MR) is 127 cm³/mol. The Balaban J connectivity index is 2.15. The van der Waals surface area contributed by atoms with Gasteiger partial charge in [0.1, 0.15) is 18.1 Å². The fourth-order valence-corrected chi connectivity index (χ4v) is 4.37. The van der Waals surface area contributed by atoms with Crippen LogP contribution in [0.3, 0.4) is 0 Å². The van der Waals surface area contributed by atoms with Gasteiger partial charge in [-0.05, 0) is 51.0 Å². The molecule has 0 spiro atoms. The lowest BCUT2D eigenvalue weighted by atomic mass is 9.97. The molecule has 0 aromatic carbocycles. The second-order valence-corrected chi connectivity index (χ2v) is 9.06. The highest BCUT2D eigenvalue weighted by molar-refractivity contribution is 5.94. The summed E-state index contributed by atoms with van der Waals surface area (Å²) in [7, 11) is 0. The molecule has 2 aliphatic heterocycles. The molecular weight excluding hydrogens is 442 g/mol. The van der Waals surface area contributed by atoms with Crippen LogP contribution in [-0.2, 0) is 19.2 Å². The number of nitrogens with zero attached hydrogens (tertiary/aromatic N) is 2. The first-order chi connectivity index (χ1) is 16.1. The Kier molecular flexibility index (Phi) is 10.6. The summed E-state index contributed by atoms with van der Waals surface area (Å²) in [5, 5.41) is 18.2. The summed E-state index contributed by atoms with van der Waals surface area (Å²) in [4.78, 5) is 56.1.